The average molecular weight is 519 g/mol. The first-order valence-electron chi connectivity index (χ1n) is 10.1. The molecular weight excluding hydrogens is 505 g/mol. The highest BCUT2D eigenvalue weighted by Crippen LogP contribution is 2.45. The van der Waals surface area contributed by atoms with E-state index < -0.39 is 0 Å². The Morgan fingerprint density at radius 3 is 1.22 bits per heavy atom. The second-order valence-electron chi connectivity index (χ2n) is 7.43. The van der Waals surface area contributed by atoms with E-state index in [9.17, 15) is 0 Å². The minimum absolute atomic E-state index is 1.35. The lowest BCUT2D eigenvalue weighted by molar-refractivity contribution is 1.92. The van der Waals surface area contributed by atoms with Gasteiger partial charge in [-0.3, -0.25) is 0 Å². The molecule has 0 atom stereocenters. The molecule has 0 unspecified atom stereocenters. The quantitative estimate of drug-likeness (QED) is 0.217. The van der Waals surface area contributed by atoms with Crippen LogP contribution < -0.4 is 0 Å². The minimum Gasteiger partial charge on any atom is -0.143 e. The van der Waals surface area contributed by atoms with Gasteiger partial charge < -0.3 is 0 Å². The molecule has 0 N–H and O–H groups in total. The van der Waals surface area contributed by atoms with Gasteiger partial charge in [0, 0.05) is 48.4 Å². The summed E-state index contributed by atoms with van der Waals surface area (Å²) in [5.41, 5.74) is 0. The van der Waals surface area contributed by atoms with Crippen LogP contribution in [-0.2, 0) is 0 Å². The Balaban J connectivity index is 1.25. The molecule has 6 aromatic heterocycles. The van der Waals surface area contributed by atoms with E-state index in [1.54, 1.807) is 0 Å². The van der Waals surface area contributed by atoms with Crippen molar-refractivity contribution in [2.45, 2.75) is 0 Å². The monoisotopic (exact) mass is 518 g/mol. The number of thiophene rings is 6. The van der Waals surface area contributed by atoms with Crippen LogP contribution in [0, 0.1) is 0 Å². The lowest BCUT2D eigenvalue weighted by atomic mass is 10.2. The third kappa shape index (κ3) is 3.34. The van der Waals surface area contributed by atoms with Gasteiger partial charge in [-0.2, -0.15) is 0 Å². The number of benzene rings is 1. The number of hydrogen-bond donors (Lipinski definition) is 0. The molecule has 154 valence electrons. The van der Waals surface area contributed by atoms with E-state index >= 15 is 0 Å². The van der Waals surface area contributed by atoms with Crippen LogP contribution in [-0.4, -0.2) is 0 Å². The largest absolute Gasteiger partial charge is 0.143 e. The fraction of sp³-hybridized carbons (Fsp3) is 0. The lowest BCUT2D eigenvalue weighted by Crippen LogP contribution is -1.62. The topological polar surface area (TPSA) is 0 Å². The zero-order chi connectivity index (χ0) is 21.1. The highest BCUT2D eigenvalue weighted by molar-refractivity contribution is 7.29. The van der Waals surface area contributed by atoms with E-state index in [-0.39, 0.29) is 0 Å². The molecule has 0 saturated carbocycles. The Hall–Kier alpha value is -2.06. The maximum absolute atomic E-state index is 2.38. The van der Waals surface area contributed by atoms with Crippen LogP contribution in [0.25, 0.3) is 59.2 Å². The molecule has 32 heavy (non-hydrogen) atoms. The third-order valence-corrected chi connectivity index (χ3v) is 12.3. The highest BCUT2D eigenvalue weighted by Gasteiger charge is 2.13. The Bertz CT molecular complexity index is 1490. The predicted octanol–water partition coefficient (Wildman–Crippen LogP) is 11.0. The van der Waals surface area contributed by atoms with Crippen LogP contribution in [0.4, 0.5) is 0 Å². The zero-order valence-electron chi connectivity index (χ0n) is 16.5. The highest BCUT2D eigenvalue weighted by atomic mass is 32.1. The summed E-state index contributed by atoms with van der Waals surface area (Å²) in [6.45, 7) is 0. The van der Waals surface area contributed by atoms with Gasteiger partial charge in [-0.25, -0.2) is 0 Å². The van der Waals surface area contributed by atoms with Crippen molar-refractivity contribution < 1.29 is 0 Å². The van der Waals surface area contributed by atoms with E-state index in [0.29, 0.717) is 0 Å². The van der Waals surface area contributed by atoms with Gasteiger partial charge in [-0.05, 0) is 82.2 Å². The Kier molecular flexibility index (Phi) is 4.71. The smallest absolute Gasteiger partial charge is 0.0455 e. The average Bonchev–Trinajstić information content (AvgIpc) is 3.65. The molecule has 0 aliphatic heterocycles. The second-order valence-corrected chi connectivity index (χ2v) is 13.7. The molecule has 0 nitrogen and oxygen atoms in total. The molecule has 0 fully saturated rings. The van der Waals surface area contributed by atoms with Gasteiger partial charge in [0.05, 0.1) is 0 Å². The number of hydrogen-bond acceptors (Lipinski definition) is 6. The first-order valence-corrected chi connectivity index (χ1v) is 15.1. The number of fused-ring (bicyclic) bond motifs is 2. The van der Waals surface area contributed by atoms with Crippen molar-refractivity contribution in [2.24, 2.45) is 0 Å². The van der Waals surface area contributed by atoms with Crippen molar-refractivity contribution in [1.82, 2.24) is 0 Å². The van der Waals surface area contributed by atoms with Crippen molar-refractivity contribution in [3.63, 3.8) is 0 Å². The summed E-state index contributed by atoms with van der Waals surface area (Å²) in [6.07, 6.45) is 0. The molecule has 1 aromatic carbocycles. The first kappa shape index (κ1) is 19.4. The van der Waals surface area contributed by atoms with Crippen molar-refractivity contribution in [1.29, 1.82) is 0 Å². The van der Waals surface area contributed by atoms with Gasteiger partial charge in [-0.15, -0.1) is 68.0 Å². The summed E-state index contributed by atoms with van der Waals surface area (Å²) in [4.78, 5) is 10.9. The standard InChI is InChI=1S/C26H14S6/c1-3-17(27-9-1)19-5-7-21(29-19)25-13-15-11-24-16(12-23(15)31-25)14-26(32-24)22-8-6-20(30-22)18-4-2-10-28-18/h1-14H. The first-order chi connectivity index (χ1) is 15.8. The van der Waals surface area contributed by atoms with Gasteiger partial charge in [0.2, 0.25) is 0 Å². The third-order valence-electron chi connectivity index (χ3n) is 5.38. The molecule has 6 heterocycles. The summed E-state index contributed by atoms with van der Waals surface area (Å²) in [6, 6.07) is 27.2. The molecule has 7 rings (SSSR count). The van der Waals surface area contributed by atoms with Crippen LogP contribution in [0.2, 0.25) is 0 Å². The molecule has 0 bridgehead atoms. The summed E-state index contributed by atoms with van der Waals surface area (Å²) in [5, 5.41) is 6.99. The van der Waals surface area contributed by atoms with Crippen molar-refractivity contribution in [2.75, 3.05) is 0 Å². The SMILES string of the molecule is c1csc(-c2ccc(-c3cc4cc5sc(-c6ccc(-c7cccs7)s6)cc5cc4s3)s2)c1. The van der Waals surface area contributed by atoms with E-state index in [2.05, 4.69) is 83.6 Å². The second kappa shape index (κ2) is 7.76. The van der Waals surface area contributed by atoms with Crippen LogP contribution >= 0.6 is 68.0 Å². The molecule has 0 aliphatic rings. The van der Waals surface area contributed by atoms with Gasteiger partial charge in [-0.1, -0.05) is 12.1 Å². The van der Waals surface area contributed by atoms with Crippen LogP contribution in [0.1, 0.15) is 0 Å². The lowest BCUT2D eigenvalue weighted by Gasteiger charge is -1.90. The molecule has 0 saturated heterocycles. The van der Waals surface area contributed by atoms with E-state index in [1.807, 2.05) is 68.0 Å². The maximum atomic E-state index is 2.38. The summed E-state index contributed by atoms with van der Waals surface area (Å²) in [5.74, 6) is 0. The predicted molar refractivity (Wildman–Crippen MR) is 150 cm³/mol. The number of rotatable bonds is 4. The molecule has 7 aromatic rings. The summed E-state index contributed by atoms with van der Waals surface area (Å²) >= 11 is 11.2. The van der Waals surface area contributed by atoms with E-state index in [0.717, 1.165) is 0 Å². The normalized spacial score (nSPS) is 11.8. The molecule has 0 amide bonds. The maximum Gasteiger partial charge on any atom is 0.0455 e. The Morgan fingerprint density at radius 2 is 0.812 bits per heavy atom. The summed E-state index contributed by atoms with van der Waals surface area (Å²) < 4.78 is 2.74. The van der Waals surface area contributed by atoms with Gasteiger partial charge in [0.15, 0.2) is 0 Å². The van der Waals surface area contributed by atoms with Gasteiger partial charge in [0.25, 0.3) is 0 Å². The van der Waals surface area contributed by atoms with Crippen molar-refractivity contribution >= 4 is 88.2 Å². The fourth-order valence-corrected chi connectivity index (χ4v) is 9.89. The molecule has 0 radical (unpaired) electrons. The minimum atomic E-state index is 1.35. The van der Waals surface area contributed by atoms with Crippen LogP contribution in [0.15, 0.2) is 83.6 Å². The van der Waals surface area contributed by atoms with E-state index in [4.69, 9.17) is 0 Å². The van der Waals surface area contributed by atoms with E-state index in [1.165, 1.54) is 59.2 Å². The molecule has 0 spiro atoms. The Morgan fingerprint density at radius 1 is 0.375 bits per heavy atom. The van der Waals surface area contributed by atoms with Crippen LogP contribution in [0.3, 0.4) is 0 Å². The fourth-order valence-electron chi connectivity index (χ4n) is 3.86. The van der Waals surface area contributed by atoms with Crippen molar-refractivity contribution in [3.8, 4) is 39.0 Å². The van der Waals surface area contributed by atoms with Gasteiger partial charge >= 0.3 is 0 Å². The molecule has 6 heteroatoms. The molecule has 0 aliphatic carbocycles. The van der Waals surface area contributed by atoms with Gasteiger partial charge in [0.1, 0.15) is 0 Å². The Labute approximate surface area is 209 Å². The molecular formula is C26H14S6. The zero-order valence-corrected chi connectivity index (χ0v) is 21.4. The van der Waals surface area contributed by atoms with Crippen molar-refractivity contribution in [3.05, 3.63) is 83.6 Å². The summed E-state index contributed by atoms with van der Waals surface area (Å²) in [7, 11) is 0. The van der Waals surface area contributed by atoms with Crippen LogP contribution in [0.5, 0.6) is 0 Å².